The van der Waals surface area contributed by atoms with Crippen LogP contribution in [0.4, 0.5) is 5.13 Å². The SMILES string of the molecule is CCOc1ccc(C(O)=C2C(=O)C(=O)N(c3nc4ccc(C)cc4s3)C2c2ccc(OCc3ccccc3)c(OCC)c2)cc1. The van der Waals surface area contributed by atoms with Gasteiger partial charge in [-0.3, -0.25) is 14.5 Å². The number of aromatic nitrogens is 1. The Labute approximate surface area is 265 Å². The Bertz CT molecular complexity index is 1900. The van der Waals surface area contributed by atoms with Crippen LogP contribution in [-0.4, -0.2) is 35.0 Å². The third kappa shape index (κ3) is 5.99. The predicted molar refractivity (Wildman–Crippen MR) is 175 cm³/mol. The van der Waals surface area contributed by atoms with Crippen molar-refractivity contribution in [2.45, 2.75) is 33.4 Å². The number of aryl methyl sites for hydroxylation is 1. The van der Waals surface area contributed by atoms with Gasteiger partial charge in [0.05, 0.1) is 35.0 Å². The molecule has 1 fully saturated rings. The maximum Gasteiger partial charge on any atom is 0.301 e. The number of aliphatic hydroxyl groups excluding tert-OH is 1. The van der Waals surface area contributed by atoms with Crippen LogP contribution in [-0.2, 0) is 16.2 Å². The molecule has 0 saturated carbocycles. The van der Waals surface area contributed by atoms with E-state index in [2.05, 4.69) is 0 Å². The first-order valence-electron chi connectivity index (χ1n) is 14.7. The van der Waals surface area contributed by atoms with Crippen molar-refractivity contribution in [3.8, 4) is 17.2 Å². The molecule has 1 aliphatic rings. The molecular weight excluding hydrogens is 588 g/mol. The molecule has 2 heterocycles. The number of aliphatic hydroxyl groups is 1. The van der Waals surface area contributed by atoms with Crippen LogP contribution >= 0.6 is 11.3 Å². The van der Waals surface area contributed by atoms with E-state index in [0.29, 0.717) is 58.8 Å². The quantitative estimate of drug-likeness (QED) is 0.0975. The summed E-state index contributed by atoms with van der Waals surface area (Å²) in [4.78, 5) is 33.6. The molecule has 0 spiro atoms. The Morgan fingerprint density at radius 2 is 1.62 bits per heavy atom. The van der Waals surface area contributed by atoms with Crippen LogP contribution < -0.4 is 19.1 Å². The lowest BCUT2D eigenvalue weighted by Gasteiger charge is -2.24. The van der Waals surface area contributed by atoms with Gasteiger partial charge in [-0.15, -0.1) is 0 Å². The molecule has 8 nitrogen and oxygen atoms in total. The molecule has 0 aliphatic carbocycles. The molecule has 1 aliphatic heterocycles. The van der Waals surface area contributed by atoms with E-state index >= 15 is 0 Å². The summed E-state index contributed by atoms with van der Waals surface area (Å²) in [5.74, 6) is -0.262. The fourth-order valence-corrected chi connectivity index (χ4v) is 6.41. The highest BCUT2D eigenvalue weighted by molar-refractivity contribution is 7.22. The second-order valence-corrected chi connectivity index (χ2v) is 11.5. The number of Topliss-reactive ketones (excluding diaryl/α,β-unsaturated/α-hetero) is 1. The van der Waals surface area contributed by atoms with Crippen molar-refractivity contribution < 1.29 is 28.9 Å². The molecule has 1 N–H and O–H groups in total. The van der Waals surface area contributed by atoms with Gasteiger partial charge in [0, 0.05) is 5.56 Å². The molecule has 0 bridgehead atoms. The van der Waals surface area contributed by atoms with Gasteiger partial charge in [-0.05, 0) is 86.0 Å². The summed E-state index contributed by atoms with van der Waals surface area (Å²) in [5, 5.41) is 12.0. The minimum atomic E-state index is -0.972. The number of carbonyl (C=O) groups excluding carboxylic acids is 2. The van der Waals surface area contributed by atoms with Crippen LogP contribution in [0.3, 0.4) is 0 Å². The molecular formula is C36H32N2O6S. The van der Waals surface area contributed by atoms with Gasteiger partial charge in [0.2, 0.25) is 0 Å². The monoisotopic (exact) mass is 620 g/mol. The van der Waals surface area contributed by atoms with Crippen LogP contribution in [0.5, 0.6) is 17.2 Å². The fourth-order valence-electron chi connectivity index (χ4n) is 5.32. The largest absolute Gasteiger partial charge is 0.507 e. The van der Waals surface area contributed by atoms with Gasteiger partial charge in [-0.25, -0.2) is 4.98 Å². The number of benzene rings is 4. The van der Waals surface area contributed by atoms with E-state index in [0.717, 1.165) is 15.8 Å². The molecule has 45 heavy (non-hydrogen) atoms. The topological polar surface area (TPSA) is 98.2 Å². The van der Waals surface area contributed by atoms with Gasteiger partial charge in [0.15, 0.2) is 16.6 Å². The summed E-state index contributed by atoms with van der Waals surface area (Å²) in [6.45, 7) is 6.93. The summed E-state index contributed by atoms with van der Waals surface area (Å²) in [5.41, 5.74) is 3.67. The van der Waals surface area contributed by atoms with Gasteiger partial charge in [0.1, 0.15) is 18.1 Å². The summed E-state index contributed by atoms with van der Waals surface area (Å²) >= 11 is 1.32. The number of anilines is 1. The second kappa shape index (κ2) is 12.8. The average Bonchev–Trinajstić information content (AvgIpc) is 3.58. The number of ether oxygens (including phenoxy) is 3. The van der Waals surface area contributed by atoms with Crippen LogP contribution in [0.2, 0.25) is 0 Å². The summed E-state index contributed by atoms with van der Waals surface area (Å²) in [6, 6.07) is 26.7. The van der Waals surface area contributed by atoms with Crippen LogP contribution in [0.15, 0.2) is 96.6 Å². The lowest BCUT2D eigenvalue weighted by molar-refractivity contribution is -0.132. The molecule has 9 heteroatoms. The minimum absolute atomic E-state index is 0.0417. The number of hydrogen-bond donors (Lipinski definition) is 1. The number of rotatable bonds is 10. The summed E-state index contributed by atoms with van der Waals surface area (Å²) in [7, 11) is 0. The fraction of sp³-hybridized carbons (Fsp3) is 0.194. The first-order chi connectivity index (χ1) is 21.9. The van der Waals surface area contributed by atoms with Crippen molar-refractivity contribution in [1.29, 1.82) is 0 Å². The van der Waals surface area contributed by atoms with E-state index < -0.39 is 17.7 Å². The highest BCUT2D eigenvalue weighted by Gasteiger charge is 2.48. The Kier molecular flexibility index (Phi) is 8.53. The van der Waals surface area contributed by atoms with E-state index in [9.17, 15) is 14.7 Å². The van der Waals surface area contributed by atoms with E-state index in [1.165, 1.54) is 16.2 Å². The summed E-state index contributed by atoms with van der Waals surface area (Å²) in [6.07, 6.45) is 0. The molecule has 6 rings (SSSR count). The molecule has 1 saturated heterocycles. The number of fused-ring (bicyclic) bond motifs is 1. The second-order valence-electron chi connectivity index (χ2n) is 10.5. The maximum absolute atomic E-state index is 13.8. The third-order valence-electron chi connectivity index (χ3n) is 7.44. The highest BCUT2D eigenvalue weighted by atomic mass is 32.1. The lowest BCUT2D eigenvalue weighted by Crippen LogP contribution is -2.29. The smallest absolute Gasteiger partial charge is 0.301 e. The van der Waals surface area contributed by atoms with Gasteiger partial charge >= 0.3 is 5.91 Å². The molecule has 228 valence electrons. The number of amides is 1. The molecule has 0 radical (unpaired) electrons. The zero-order valence-electron chi connectivity index (χ0n) is 25.2. The molecule has 5 aromatic rings. The zero-order chi connectivity index (χ0) is 31.5. The van der Waals surface area contributed by atoms with Gasteiger partial charge < -0.3 is 19.3 Å². The maximum atomic E-state index is 13.8. The molecule has 4 aromatic carbocycles. The molecule has 1 unspecified atom stereocenters. The van der Waals surface area contributed by atoms with Crippen LogP contribution in [0.1, 0.15) is 42.1 Å². The first-order valence-corrected chi connectivity index (χ1v) is 15.5. The van der Waals surface area contributed by atoms with Gasteiger partial charge in [-0.2, -0.15) is 0 Å². The first kappa shape index (κ1) is 29.9. The van der Waals surface area contributed by atoms with Crippen LogP contribution in [0.25, 0.3) is 16.0 Å². The number of nitrogens with zero attached hydrogens (tertiary/aromatic N) is 2. The number of carbonyl (C=O) groups is 2. The lowest BCUT2D eigenvalue weighted by atomic mass is 9.95. The Balaban J connectivity index is 1.47. The van der Waals surface area contributed by atoms with Gasteiger partial charge in [-0.1, -0.05) is 53.8 Å². The average molecular weight is 621 g/mol. The predicted octanol–water partition coefficient (Wildman–Crippen LogP) is 7.61. The van der Waals surface area contributed by atoms with Crippen molar-refractivity contribution in [3.05, 3.63) is 119 Å². The van der Waals surface area contributed by atoms with Gasteiger partial charge in [0.25, 0.3) is 5.78 Å². The normalized spacial score (nSPS) is 15.9. The molecule has 1 atom stereocenters. The Morgan fingerprint density at radius 1 is 0.867 bits per heavy atom. The van der Waals surface area contributed by atoms with Crippen molar-refractivity contribution in [1.82, 2.24) is 4.98 Å². The molecule has 1 aromatic heterocycles. The van der Waals surface area contributed by atoms with E-state index in [4.69, 9.17) is 19.2 Å². The number of hydrogen-bond acceptors (Lipinski definition) is 8. The van der Waals surface area contributed by atoms with Crippen molar-refractivity contribution in [3.63, 3.8) is 0 Å². The standard InChI is InChI=1S/C36H32N2O6S/c1-4-42-26-15-12-24(13-16-26)33(39)31-32(38(35(41)34(31)40)36-37-27-17-11-22(3)19-30(27)45-36)25-14-18-28(29(20-25)43-5-2)44-21-23-9-7-6-8-10-23/h6-20,32,39H,4-5,21H2,1-3H3. The van der Waals surface area contributed by atoms with Crippen molar-refractivity contribution in [2.75, 3.05) is 18.1 Å². The molecule has 1 amide bonds. The van der Waals surface area contributed by atoms with Crippen LogP contribution in [0, 0.1) is 6.92 Å². The van der Waals surface area contributed by atoms with E-state index in [1.54, 1.807) is 42.5 Å². The third-order valence-corrected chi connectivity index (χ3v) is 8.46. The van der Waals surface area contributed by atoms with Crippen molar-refractivity contribution >= 4 is 44.1 Å². The highest BCUT2D eigenvalue weighted by Crippen LogP contribution is 2.46. The zero-order valence-corrected chi connectivity index (χ0v) is 26.0. The summed E-state index contributed by atoms with van der Waals surface area (Å²) < 4.78 is 18.5. The van der Waals surface area contributed by atoms with E-state index in [1.807, 2.05) is 69.3 Å². The van der Waals surface area contributed by atoms with E-state index in [-0.39, 0.29) is 11.3 Å². The Morgan fingerprint density at radius 3 is 2.36 bits per heavy atom. The minimum Gasteiger partial charge on any atom is -0.507 e. The Hall–Kier alpha value is -5.15. The number of thiazole rings is 1. The number of ketones is 1. The van der Waals surface area contributed by atoms with Crippen molar-refractivity contribution in [2.24, 2.45) is 0 Å².